The molecule has 0 saturated heterocycles. The van der Waals surface area contributed by atoms with Gasteiger partial charge in [0, 0.05) is 16.3 Å². The number of nitrogens with zero attached hydrogens (tertiary/aromatic N) is 1. The van der Waals surface area contributed by atoms with Crippen molar-refractivity contribution in [2.75, 3.05) is 6.54 Å². The predicted octanol–water partition coefficient (Wildman–Crippen LogP) is 5.63. The Labute approximate surface area is 157 Å². The van der Waals surface area contributed by atoms with Gasteiger partial charge in [-0.05, 0) is 36.1 Å². The minimum absolute atomic E-state index is 0.163. The number of thioether (sulfide) groups is 1. The molecule has 0 spiro atoms. The summed E-state index contributed by atoms with van der Waals surface area (Å²) in [5.74, 6) is 0.163. The van der Waals surface area contributed by atoms with Gasteiger partial charge in [0.2, 0.25) is 5.91 Å². The van der Waals surface area contributed by atoms with Gasteiger partial charge in [0.1, 0.15) is 5.25 Å². The van der Waals surface area contributed by atoms with E-state index < -0.39 is 0 Å². The Morgan fingerprint density at radius 3 is 2.28 bits per heavy atom. The molecule has 3 rings (SSSR count). The molecule has 4 heteroatoms. The van der Waals surface area contributed by atoms with Crippen molar-refractivity contribution in [1.29, 1.82) is 0 Å². The van der Waals surface area contributed by atoms with E-state index in [1.807, 2.05) is 66.4 Å². The molecule has 0 fully saturated rings. The minimum Gasteiger partial charge on any atom is -0.337 e. The molecule has 1 unspecified atom stereocenters. The summed E-state index contributed by atoms with van der Waals surface area (Å²) in [5.41, 5.74) is 1.05. The lowest BCUT2D eigenvalue weighted by molar-refractivity contribution is -0.131. The first kappa shape index (κ1) is 17.8. The molecule has 0 N–H and O–H groups in total. The van der Waals surface area contributed by atoms with E-state index in [0.29, 0.717) is 13.1 Å². The van der Waals surface area contributed by atoms with Crippen molar-refractivity contribution in [3.63, 3.8) is 0 Å². The largest absolute Gasteiger partial charge is 0.337 e. The molecule has 0 bridgehead atoms. The highest BCUT2D eigenvalue weighted by Crippen LogP contribution is 2.37. The summed E-state index contributed by atoms with van der Waals surface area (Å²) in [7, 11) is 0. The smallest absolute Gasteiger partial charge is 0.240 e. The van der Waals surface area contributed by atoms with E-state index in [9.17, 15) is 4.79 Å². The number of amides is 1. The molecular formula is C21H21NOS2. The van der Waals surface area contributed by atoms with E-state index in [0.717, 1.165) is 10.5 Å². The summed E-state index contributed by atoms with van der Waals surface area (Å²) >= 11 is 3.31. The third-order valence-corrected chi connectivity index (χ3v) is 6.06. The Kier molecular flexibility index (Phi) is 6.31. The van der Waals surface area contributed by atoms with Gasteiger partial charge in [0.05, 0.1) is 6.54 Å². The second-order valence-corrected chi connectivity index (χ2v) is 7.86. The second kappa shape index (κ2) is 8.88. The van der Waals surface area contributed by atoms with Crippen molar-refractivity contribution >= 4 is 29.0 Å². The number of hydrogen-bond donors (Lipinski definition) is 0. The number of likely N-dealkylation sites (N-methyl/N-ethyl adjacent to an activating group) is 1. The van der Waals surface area contributed by atoms with E-state index >= 15 is 0 Å². The zero-order valence-electron chi connectivity index (χ0n) is 14.2. The van der Waals surface area contributed by atoms with E-state index in [4.69, 9.17) is 0 Å². The van der Waals surface area contributed by atoms with Crippen LogP contribution in [0.4, 0.5) is 0 Å². The van der Waals surface area contributed by atoms with Gasteiger partial charge < -0.3 is 4.90 Å². The first-order chi connectivity index (χ1) is 12.3. The first-order valence-corrected chi connectivity index (χ1v) is 10.1. The second-order valence-electron chi connectivity index (χ2n) is 5.65. The van der Waals surface area contributed by atoms with Crippen LogP contribution in [0.3, 0.4) is 0 Å². The fourth-order valence-electron chi connectivity index (χ4n) is 2.63. The molecule has 1 aromatic heterocycles. The topological polar surface area (TPSA) is 20.3 Å². The van der Waals surface area contributed by atoms with Crippen molar-refractivity contribution in [3.8, 4) is 0 Å². The quantitative estimate of drug-likeness (QED) is 0.504. The molecular weight excluding hydrogens is 346 g/mol. The highest BCUT2D eigenvalue weighted by atomic mass is 32.2. The fourth-order valence-corrected chi connectivity index (χ4v) is 4.48. The summed E-state index contributed by atoms with van der Waals surface area (Å²) in [6.07, 6.45) is 0. The molecule has 25 heavy (non-hydrogen) atoms. The third kappa shape index (κ3) is 4.74. The molecule has 0 aliphatic heterocycles. The van der Waals surface area contributed by atoms with Crippen LogP contribution >= 0.6 is 23.1 Å². The maximum atomic E-state index is 13.3. The maximum Gasteiger partial charge on any atom is 0.240 e. The monoisotopic (exact) mass is 367 g/mol. The van der Waals surface area contributed by atoms with Gasteiger partial charge in [-0.25, -0.2) is 0 Å². The Bertz CT molecular complexity index is 772. The molecule has 2 nitrogen and oxygen atoms in total. The SMILES string of the molecule is CCN(Cc1cccs1)C(=O)C(Sc1ccccc1)c1ccccc1. The van der Waals surface area contributed by atoms with E-state index in [1.54, 1.807) is 23.1 Å². The molecule has 2 aromatic carbocycles. The van der Waals surface area contributed by atoms with Crippen LogP contribution in [0.25, 0.3) is 0 Å². The van der Waals surface area contributed by atoms with Crippen molar-refractivity contribution in [2.24, 2.45) is 0 Å². The molecule has 1 amide bonds. The standard InChI is InChI=1S/C21H21NOS2/c1-2-22(16-19-14-9-15-24-19)21(23)20(17-10-5-3-6-11-17)25-18-12-7-4-8-13-18/h3-15,20H,2,16H2,1H3. The third-order valence-electron chi connectivity index (χ3n) is 3.94. The molecule has 3 aromatic rings. The van der Waals surface area contributed by atoms with E-state index in [-0.39, 0.29) is 11.2 Å². The first-order valence-electron chi connectivity index (χ1n) is 8.35. The molecule has 1 heterocycles. The fraction of sp³-hybridized carbons (Fsp3) is 0.190. The highest BCUT2D eigenvalue weighted by Gasteiger charge is 2.26. The van der Waals surface area contributed by atoms with E-state index in [1.165, 1.54) is 4.88 Å². The Morgan fingerprint density at radius 2 is 1.68 bits per heavy atom. The van der Waals surface area contributed by atoms with Gasteiger partial charge in [-0.15, -0.1) is 23.1 Å². The molecule has 1 atom stereocenters. The van der Waals surface area contributed by atoms with Crippen molar-refractivity contribution in [3.05, 3.63) is 88.6 Å². The highest BCUT2D eigenvalue weighted by molar-refractivity contribution is 8.00. The summed E-state index contributed by atoms with van der Waals surface area (Å²) in [6, 6.07) is 24.3. The summed E-state index contributed by atoms with van der Waals surface area (Å²) in [4.78, 5) is 17.6. The van der Waals surface area contributed by atoms with Gasteiger partial charge in [0.15, 0.2) is 0 Å². The van der Waals surface area contributed by atoms with Crippen LogP contribution in [0.1, 0.15) is 22.6 Å². The zero-order chi connectivity index (χ0) is 17.5. The molecule has 128 valence electrons. The van der Waals surface area contributed by atoms with Crippen LogP contribution < -0.4 is 0 Å². The maximum absolute atomic E-state index is 13.3. The number of rotatable bonds is 7. The van der Waals surface area contributed by atoms with Gasteiger partial charge in [-0.3, -0.25) is 4.79 Å². The van der Waals surface area contributed by atoms with Crippen molar-refractivity contribution in [1.82, 2.24) is 4.90 Å². The molecule has 0 saturated carbocycles. The zero-order valence-corrected chi connectivity index (χ0v) is 15.8. The lowest BCUT2D eigenvalue weighted by Crippen LogP contribution is -2.33. The van der Waals surface area contributed by atoms with Crippen molar-refractivity contribution < 1.29 is 4.79 Å². The Balaban J connectivity index is 1.85. The van der Waals surface area contributed by atoms with Gasteiger partial charge in [0.25, 0.3) is 0 Å². The number of carbonyl (C=O) groups excluding carboxylic acids is 1. The lowest BCUT2D eigenvalue weighted by atomic mass is 10.1. The van der Waals surface area contributed by atoms with Crippen LogP contribution in [-0.4, -0.2) is 17.4 Å². The van der Waals surface area contributed by atoms with Crippen LogP contribution in [0.15, 0.2) is 83.1 Å². The summed E-state index contributed by atoms with van der Waals surface area (Å²) in [5, 5.41) is 1.82. The normalized spacial score (nSPS) is 11.9. The number of benzene rings is 2. The predicted molar refractivity (Wildman–Crippen MR) is 107 cm³/mol. The van der Waals surface area contributed by atoms with Crippen LogP contribution in [0.2, 0.25) is 0 Å². The molecule has 0 radical (unpaired) electrons. The summed E-state index contributed by atoms with van der Waals surface area (Å²) < 4.78 is 0. The molecule has 0 aliphatic rings. The Hall–Kier alpha value is -2.04. The van der Waals surface area contributed by atoms with Gasteiger partial charge in [-0.2, -0.15) is 0 Å². The van der Waals surface area contributed by atoms with Crippen molar-refractivity contribution in [2.45, 2.75) is 23.6 Å². The van der Waals surface area contributed by atoms with Crippen LogP contribution in [0, 0.1) is 0 Å². The van der Waals surface area contributed by atoms with Gasteiger partial charge in [-0.1, -0.05) is 54.6 Å². The Morgan fingerprint density at radius 1 is 1.00 bits per heavy atom. The summed E-state index contributed by atoms with van der Waals surface area (Å²) in [6.45, 7) is 3.42. The minimum atomic E-state index is -0.233. The number of carbonyl (C=O) groups is 1. The number of thiophene rings is 1. The lowest BCUT2D eigenvalue weighted by Gasteiger charge is -2.26. The average Bonchev–Trinajstić information content (AvgIpc) is 3.18. The van der Waals surface area contributed by atoms with Crippen LogP contribution in [-0.2, 0) is 11.3 Å². The molecule has 0 aliphatic carbocycles. The van der Waals surface area contributed by atoms with Gasteiger partial charge >= 0.3 is 0 Å². The van der Waals surface area contributed by atoms with E-state index in [2.05, 4.69) is 23.6 Å². The number of hydrogen-bond acceptors (Lipinski definition) is 3. The van der Waals surface area contributed by atoms with Crippen LogP contribution in [0.5, 0.6) is 0 Å². The average molecular weight is 368 g/mol.